The number of carbonyl (C=O) groups is 1. The molecule has 2 bridgehead atoms. The molecule has 45 heavy (non-hydrogen) atoms. The van der Waals surface area contributed by atoms with Gasteiger partial charge in [-0.15, -0.1) is 13.2 Å². The summed E-state index contributed by atoms with van der Waals surface area (Å²) in [6.07, 6.45) is 1.03. The molecule has 0 radical (unpaired) electrons. The van der Waals surface area contributed by atoms with Crippen LogP contribution in [0.25, 0.3) is 21.5 Å². The molecule has 13 heteroatoms. The van der Waals surface area contributed by atoms with Gasteiger partial charge in [-0.25, -0.2) is 14.2 Å². The third kappa shape index (κ3) is 6.24. The summed E-state index contributed by atoms with van der Waals surface area (Å²) in [7, 11) is 0. The van der Waals surface area contributed by atoms with E-state index in [1.165, 1.54) is 29.5 Å². The lowest BCUT2D eigenvalue weighted by Crippen LogP contribution is -2.44. The van der Waals surface area contributed by atoms with Crippen LogP contribution >= 0.6 is 11.3 Å². The van der Waals surface area contributed by atoms with E-state index in [1.807, 2.05) is 0 Å². The molecule has 4 atom stereocenters. The number of halogens is 4. The molecule has 0 unspecified atom stereocenters. The van der Waals surface area contributed by atoms with Gasteiger partial charge in [0.25, 0.3) is 0 Å². The second-order valence-electron chi connectivity index (χ2n) is 12.1. The molecule has 2 N–H and O–H groups in total. The van der Waals surface area contributed by atoms with Crippen LogP contribution in [0.1, 0.15) is 73.0 Å². The van der Waals surface area contributed by atoms with E-state index < -0.39 is 18.1 Å². The van der Waals surface area contributed by atoms with Crippen molar-refractivity contribution >= 4 is 32.7 Å². The molecular weight excluding hydrogens is 612 g/mol. The Labute approximate surface area is 260 Å². The number of fused-ring (bicyclic) bond motifs is 3. The first-order valence-electron chi connectivity index (χ1n) is 15.3. The minimum Gasteiger partial charge on any atom is -0.462 e. The van der Waals surface area contributed by atoms with Gasteiger partial charge in [0.05, 0.1) is 16.9 Å². The second-order valence-corrected chi connectivity index (χ2v) is 13.1. The Bertz CT molecular complexity index is 1700. The van der Waals surface area contributed by atoms with Gasteiger partial charge in [-0.3, -0.25) is 0 Å². The van der Waals surface area contributed by atoms with Crippen molar-refractivity contribution in [2.45, 2.75) is 76.4 Å². The number of carbonyl (C=O) groups excluding carboxylic acids is 1. The van der Waals surface area contributed by atoms with E-state index in [2.05, 4.69) is 25.5 Å². The van der Waals surface area contributed by atoms with Crippen molar-refractivity contribution < 1.29 is 36.4 Å². The highest BCUT2D eigenvalue weighted by Gasteiger charge is 2.43. The van der Waals surface area contributed by atoms with E-state index in [4.69, 9.17) is 9.26 Å². The quantitative estimate of drug-likeness (QED) is 0.133. The van der Waals surface area contributed by atoms with Gasteiger partial charge in [0, 0.05) is 35.7 Å². The molecule has 3 aliphatic rings. The zero-order chi connectivity index (χ0) is 31.3. The summed E-state index contributed by atoms with van der Waals surface area (Å²) >= 11 is 1.33. The highest BCUT2D eigenvalue weighted by Crippen LogP contribution is 2.47. The van der Waals surface area contributed by atoms with Crippen molar-refractivity contribution in [3.05, 3.63) is 59.1 Å². The Morgan fingerprint density at radius 3 is 2.58 bits per heavy atom. The Hall–Kier alpha value is -3.71. The Morgan fingerprint density at radius 1 is 1.11 bits per heavy atom. The smallest absolute Gasteiger partial charge is 0.462 e. The molecule has 2 heterocycles. The molecule has 0 spiro atoms. The number of rotatable bonds is 10. The van der Waals surface area contributed by atoms with Crippen LogP contribution in [-0.2, 0) is 11.3 Å². The van der Waals surface area contributed by atoms with Crippen LogP contribution in [0.3, 0.4) is 0 Å². The van der Waals surface area contributed by atoms with E-state index >= 15 is 0 Å². The summed E-state index contributed by atoms with van der Waals surface area (Å²) in [6.45, 7) is 2.34. The lowest BCUT2D eigenvalue weighted by molar-refractivity contribution is -0.274. The summed E-state index contributed by atoms with van der Waals surface area (Å²) in [5, 5.41) is 12.1. The molecule has 238 valence electrons. The van der Waals surface area contributed by atoms with Crippen LogP contribution in [0.4, 0.5) is 22.7 Å². The standard InChI is InChI=1S/C32H32F4N4O4S/c1-2-42-30(41)19-13-23(33)28-25(14-19)45-31(39-28)38-26-17-9-10-18(26)12-20(11-17)37-15-22-27(40-44-29(22)16-7-8-16)21-5-3-4-6-24(21)43-32(34,35)36/h3-6,13-14,16-18,20,26,37H,2,7-12,15H2,1H3,(H,38,39)/t17-,18+,20+,26-. The van der Waals surface area contributed by atoms with Crippen molar-refractivity contribution in [2.24, 2.45) is 11.8 Å². The Kier molecular flexibility index (Phi) is 7.93. The highest BCUT2D eigenvalue weighted by molar-refractivity contribution is 7.22. The van der Waals surface area contributed by atoms with Crippen molar-refractivity contribution in [1.29, 1.82) is 0 Å². The summed E-state index contributed by atoms with van der Waals surface area (Å²) in [4.78, 5) is 16.7. The third-order valence-corrected chi connectivity index (χ3v) is 9.98. The van der Waals surface area contributed by atoms with E-state index in [9.17, 15) is 22.4 Å². The van der Waals surface area contributed by atoms with Crippen LogP contribution in [0.5, 0.6) is 5.75 Å². The van der Waals surface area contributed by atoms with E-state index in [-0.39, 0.29) is 47.0 Å². The number of hydrogen-bond acceptors (Lipinski definition) is 9. The van der Waals surface area contributed by atoms with E-state index in [0.29, 0.717) is 33.9 Å². The number of thiazole rings is 1. The SMILES string of the molecule is CCOC(=O)c1cc(F)c2nc(N[C@@H]3[C@@H]4CC[C@H]3C[C@@H](NCc3c(-c5ccccc5OC(F)(F)F)noc3C3CC3)C4)sc2c1. The van der Waals surface area contributed by atoms with Crippen molar-refractivity contribution in [3.8, 4) is 17.0 Å². The fourth-order valence-corrected chi connectivity index (χ4v) is 7.91. The number of aromatic nitrogens is 2. The average molecular weight is 645 g/mol. The third-order valence-electron chi connectivity index (χ3n) is 9.05. The molecule has 4 aromatic rings. The zero-order valence-electron chi connectivity index (χ0n) is 24.5. The minimum absolute atomic E-state index is 0.167. The molecule has 2 aromatic heterocycles. The van der Waals surface area contributed by atoms with Crippen LogP contribution in [0, 0.1) is 17.7 Å². The van der Waals surface area contributed by atoms with Crippen LogP contribution in [0.2, 0.25) is 0 Å². The second kappa shape index (κ2) is 11.9. The molecule has 3 aliphatic carbocycles. The summed E-state index contributed by atoms with van der Waals surface area (Å²) < 4.78 is 69.9. The van der Waals surface area contributed by atoms with Crippen molar-refractivity contribution in [2.75, 3.05) is 11.9 Å². The number of alkyl halides is 3. The normalized spacial score (nSPS) is 23.0. The lowest BCUT2D eigenvalue weighted by Gasteiger charge is -2.36. The van der Waals surface area contributed by atoms with Gasteiger partial charge in [0.2, 0.25) is 0 Å². The highest BCUT2D eigenvalue weighted by atomic mass is 32.1. The van der Waals surface area contributed by atoms with Crippen LogP contribution in [0.15, 0.2) is 40.9 Å². The fraction of sp³-hybridized carbons (Fsp3) is 0.469. The van der Waals surface area contributed by atoms with E-state index in [1.54, 1.807) is 25.1 Å². The number of para-hydroxylation sites is 1. The molecular formula is C32H32F4N4O4S. The molecule has 7 rings (SSSR count). The first-order valence-corrected chi connectivity index (χ1v) is 16.1. The Balaban J connectivity index is 1.05. The largest absolute Gasteiger partial charge is 0.573 e. The van der Waals surface area contributed by atoms with Crippen molar-refractivity contribution in [1.82, 2.24) is 15.5 Å². The number of benzene rings is 2. The van der Waals surface area contributed by atoms with Gasteiger partial charge >= 0.3 is 12.3 Å². The maximum atomic E-state index is 14.8. The minimum atomic E-state index is -4.82. The predicted octanol–water partition coefficient (Wildman–Crippen LogP) is 7.80. The molecule has 8 nitrogen and oxygen atoms in total. The summed E-state index contributed by atoms with van der Waals surface area (Å²) in [6, 6.07) is 9.20. The number of anilines is 1. The predicted molar refractivity (Wildman–Crippen MR) is 160 cm³/mol. The monoisotopic (exact) mass is 644 g/mol. The van der Waals surface area contributed by atoms with Gasteiger partial charge in [-0.1, -0.05) is 28.6 Å². The number of nitrogens with zero attached hydrogens (tertiary/aromatic N) is 2. The van der Waals surface area contributed by atoms with Crippen LogP contribution in [-0.4, -0.2) is 41.2 Å². The topological polar surface area (TPSA) is 98.5 Å². The molecule has 3 fully saturated rings. The van der Waals surface area contributed by atoms with Gasteiger partial charge in [-0.2, -0.15) is 0 Å². The van der Waals surface area contributed by atoms with Crippen LogP contribution < -0.4 is 15.4 Å². The van der Waals surface area contributed by atoms with E-state index in [0.717, 1.165) is 49.8 Å². The molecule has 0 aliphatic heterocycles. The van der Waals surface area contributed by atoms with Gasteiger partial charge in [0.1, 0.15) is 22.7 Å². The maximum absolute atomic E-state index is 14.8. The molecule has 0 amide bonds. The summed E-state index contributed by atoms with van der Waals surface area (Å²) in [5.74, 6) is 0.276. The number of esters is 1. The maximum Gasteiger partial charge on any atom is 0.573 e. The van der Waals surface area contributed by atoms with Gasteiger partial charge in [-0.05, 0) is 81.5 Å². The number of hydrogen-bond donors (Lipinski definition) is 2. The summed E-state index contributed by atoms with van der Waals surface area (Å²) in [5.41, 5.74) is 1.80. The lowest BCUT2D eigenvalue weighted by atomic mass is 9.81. The first-order chi connectivity index (χ1) is 21.7. The molecule has 3 saturated carbocycles. The van der Waals surface area contributed by atoms with Crippen molar-refractivity contribution in [3.63, 3.8) is 0 Å². The average Bonchev–Trinajstić information content (AvgIpc) is 3.55. The Morgan fingerprint density at radius 2 is 1.87 bits per heavy atom. The van der Waals surface area contributed by atoms with Gasteiger partial charge < -0.3 is 24.6 Å². The zero-order valence-corrected chi connectivity index (χ0v) is 25.3. The first kappa shape index (κ1) is 30.0. The van der Waals surface area contributed by atoms with Gasteiger partial charge in [0.15, 0.2) is 10.9 Å². The fourth-order valence-electron chi connectivity index (χ4n) is 6.95. The molecule has 2 aromatic carbocycles. The molecule has 0 saturated heterocycles. The number of nitrogens with one attached hydrogen (secondary N) is 2. The number of ether oxygens (including phenoxy) is 2.